The van der Waals surface area contributed by atoms with Crippen molar-refractivity contribution in [1.29, 1.82) is 0 Å². The van der Waals surface area contributed by atoms with Crippen molar-refractivity contribution < 1.29 is 0 Å². The minimum Gasteiger partial charge on any atom is -0.0995 e. The van der Waals surface area contributed by atoms with Crippen LogP contribution in [0.25, 0.3) is 5.57 Å². The first kappa shape index (κ1) is 12.5. The second-order valence-electron chi connectivity index (χ2n) is 6.06. The van der Waals surface area contributed by atoms with E-state index >= 15 is 0 Å². The van der Waals surface area contributed by atoms with Gasteiger partial charge in [-0.15, -0.1) is 0 Å². The summed E-state index contributed by atoms with van der Waals surface area (Å²) in [5.41, 5.74) is 6.91. The van der Waals surface area contributed by atoms with E-state index in [1.807, 2.05) is 0 Å². The molecule has 2 aliphatic rings. The van der Waals surface area contributed by atoms with Crippen LogP contribution in [-0.2, 0) is 6.42 Å². The molecule has 2 atom stereocenters. The highest BCUT2D eigenvalue weighted by atomic mass is 14.4. The molecule has 2 unspecified atom stereocenters. The molecule has 0 spiro atoms. The summed E-state index contributed by atoms with van der Waals surface area (Å²) in [5.74, 6) is 1.21. The third-order valence-electron chi connectivity index (χ3n) is 4.83. The maximum Gasteiger partial charge on any atom is -0.00929 e. The van der Waals surface area contributed by atoms with Gasteiger partial charge in [-0.25, -0.2) is 0 Å². The van der Waals surface area contributed by atoms with Crippen molar-refractivity contribution in [2.24, 2.45) is 11.8 Å². The number of rotatable bonds is 1. The Hall–Kier alpha value is -1.56. The molecule has 0 nitrogen and oxygen atoms in total. The van der Waals surface area contributed by atoms with Gasteiger partial charge in [0.25, 0.3) is 0 Å². The largest absolute Gasteiger partial charge is 0.0995 e. The van der Waals surface area contributed by atoms with E-state index in [0.29, 0.717) is 11.8 Å². The Morgan fingerprint density at radius 3 is 2.42 bits per heavy atom. The van der Waals surface area contributed by atoms with E-state index in [1.165, 1.54) is 47.1 Å². The van der Waals surface area contributed by atoms with Crippen LogP contribution in [0.1, 0.15) is 36.8 Å². The van der Waals surface area contributed by atoms with Crippen LogP contribution in [0.2, 0.25) is 0 Å². The van der Waals surface area contributed by atoms with Gasteiger partial charge < -0.3 is 0 Å². The second-order valence-corrected chi connectivity index (χ2v) is 6.06. The summed E-state index contributed by atoms with van der Waals surface area (Å²) >= 11 is 0. The maximum atomic E-state index is 4.40. The third kappa shape index (κ3) is 2.20. The van der Waals surface area contributed by atoms with Crippen molar-refractivity contribution >= 4 is 5.57 Å². The van der Waals surface area contributed by atoms with Crippen LogP contribution < -0.4 is 0 Å². The van der Waals surface area contributed by atoms with Crippen LogP contribution in [0, 0.1) is 11.8 Å². The Bertz CT molecular complexity index is 547. The molecule has 0 amide bonds. The van der Waals surface area contributed by atoms with E-state index < -0.39 is 0 Å². The van der Waals surface area contributed by atoms with Gasteiger partial charge in [-0.3, -0.25) is 0 Å². The topological polar surface area (TPSA) is 0 Å². The van der Waals surface area contributed by atoms with Crippen LogP contribution in [-0.4, -0.2) is 0 Å². The number of hydrogen-bond acceptors (Lipinski definition) is 0. The molecule has 0 N–H and O–H groups in total. The number of hydrogen-bond donors (Lipinski definition) is 0. The molecule has 3 rings (SSSR count). The van der Waals surface area contributed by atoms with E-state index in [4.69, 9.17) is 0 Å². The van der Waals surface area contributed by atoms with E-state index in [-0.39, 0.29) is 0 Å². The molecular weight excluding hydrogens is 228 g/mol. The molecular formula is C19H22. The summed E-state index contributed by atoms with van der Waals surface area (Å²) in [6, 6.07) is 8.74. The molecule has 1 aromatic carbocycles. The first-order valence-corrected chi connectivity index (χ1v) is 7.28. The molecule has 1 fully saturated rings. The minimum atomic E-state index is 0.593. The minimum absolute atomic E-state index is 0.593. The monoisotopic (exact) mass is 250 g/mol. The molecule has 1 saturated carbocycles. The Labute approximate surface area is 116 Å². The molecule has 1 aromatic rings. The fraction of sp³-hybridized carbons (Fsp3) is 0.368. The molecule has 0 saturated heterocycles. The average Bonchev–Trinajstić information content (AvgIpc) is 2.41. The van der Waals surface area contributed by atoms with Gasteiger partial charge in [0.2, 0.25) is 0 Å². The van der Waals surface area contributed by atoms with Crippen molar-refractivity contribution in [3.8, 4) is 0 Å². The van der Waals surface area contributed by atoms with Gasteiger partial charge in [-0.1, -0.05) is 55.1 Å². The van der Waals surface area contributed by atoms with E-state index in [1.54, 1.807) is 0 Å². The summed E-state index contributed by atoms with van der Waals surface area (Å²) in [7, 11) is 0. The predicted molar refractivity (Wildman–Crippen MR) is 82.9 cm³/mol. The Morgan fingerprint density at radius 2 is 1.63 bits per heavy atom. The van der Waals surface area contributed by atoms with Crippen LogP contribution in [0.5, 0.6) is 0 Å². The highest BCUT2D eigenvalue weighted by Crippen LogP contribution is 2.45. The van der Waals surface area contributed by atoms with Crippen molar-refractivity contribution in [3.63, 3.8) is 0 Å². The summed E-state index contributed by atoms with van der Waals surface area (Å²) in [5, 5.41) is 0. The molecule has 19 heavy (non-hydrogen) atoms. The summed E-state index contributed by atoms with van der Waals surface area (Å²) in [6.07, 6.45) is 5.81. The van der Waals surface area contributed by atoms with E-state index in [9.17, 15) is 0 Å². The average molecular weight is 250 g/mol. The van der Waals surface area contributed by atoms with Crippen molar-refractivity contribution in [2.45, 2.75) is 32.1 Å². The molecule has 0 heterocycles. The van der Waals surface area contributed by atoms with Crippen LogP contribution in [0.4, 0.5) is 0 Å². The fourth-order valence-electron chi connectivity index (χ4n) is 3.77. The molecule has 98 valence electrons. The van der Waals surface area contributed by atoms with Gasteiger partial charge in [-0.2, -0.15) is 0 Å². The zero-order valence-electron chi connectivity index (χ0n) is 11.6. The van der Waals surface area contributed by atoms with Gasteiger partial charge >= 0.3 is 0 Å². The third-order valence-corrected chi connectivity index (χ3v) is 4.83. The van der Waals surface area contributed by atoms with Gasteiger partial charge in [0.05, 0.1) is 0 Å². The zero-order valence-corrected chi connectivity index (χ0v) is 11.6. The molecule has 0 bridgehead atoms. The van der Waals surface area contributed by atoms with E-state index in [2.05, 4.69) is 44.0 Å². The van der Waals surface area contributed by atoms with Crippen molar-refractivity contribution in [2.75, 3.05) is 0 Å². The Kier molecular flexibility index (Phi) is 3.18. The summed E-state index contributed by atoms with van der Waals surface area (Å²) in [4.78, 5) is 0. The van der Waals surface area contributed by atoms with E-state index in [0.717, 1.165) is 12.8 Å². The van der Waals surface area contributed by atoms with Crippen molar-refractivity contribution in [1.82, 2.24) is 0 Å². The molecule has 0 aliphatic heterocycles. The van der Waals surface area contributed by atoms with Gasteiger partial charge in [0.1, 0.15) is 0 Å². The zero-order chi connectivity index (χ0) is 13.4. The maximum absolute atomic E-state index is 4.40. The van der Waals surface area contributed by atoms with Crippen molar-refractivity contribution in [3.05, 3.63) is 66.3 Å². The van der Waals surface area contributed by atoms with Crippen LogP contribution >= 0.6 is 0 Å². The number of fused-ring (bicyclic) bond motifs is 1. The lowest BCUT2D eigenvalue weighted by Gasteiger charge is -2.37. The van der Waals surface area contributed by atoms with Crippen LogP contribution in [0.3, 0.4) is 0 Å². The normalized spacial score (nSPS) is 27.3. The first-order chi connectivity index (χ1) is 9.16. The predicted octanol–water partition coefficient (Wildman–Crippen LogP) is 5.17. The van der Waals surface area contributed by atoms with Crippen LogP contribution in [0.15, 0.2) is 55.1 Å². The molecule has 0 aromatic heterocycles. The fourth-order valence-corrected chi connectivity index (χ4v) is 3.77. The van der Waals surface area contributed by atoms with Gasteiger partial charge in [0, 0.05) is 0 Å². The number of benzene rings is 1. The highest BCUT2D eigenvalue weighted by Gasteiger charge is 2.32. The lowest BCUT2D eigenvalue weighted by Crippen LogP contribution is -2.25. The number of allylic oxidation sites excluding steroid dienone is 3. The first-order valence-electron chi connectivity index (χ1n) is 7.28. The summed E-state index contributed by atoms with van der Waals surface area (Å²) in [6.45, 7) is 12.8. The standard InChI is InChI=1S/C19H22/c1-13-8-10-17(14(2)12-13)19-11-9-16-6-4-5-7-18(16)15(19)3/h4-7,17,19H,1-3,8-12H2. The lowest BCUT2D eigenvalue weighted by molar-refractivity contribution is 0.382. The van der Waals surface area contributed by atoms with Gasteiger partial charge in [-0.05, 0) is 60.6 Å². The Balaban J connectivity index is 1.86. The number of aryl methyl sites for hydroxylation is 1. The molecule has 0 heteroatoms. The Morgan fingerprint density at radius 1 is 0.895 bits per heavy atom. The molecule has 2 aliphatic carbocycles. The van der Waals surface area contributed by atoms with Gasteiger partial charge in [0.15, 0.2) is 0 Å². The summed E-state index contributed by atoms with van der Waals surface area (Å²) < 4.78 is 0. The smallest absolute Gasteiger partial charge is 0.00929 e. The second kappa shape index (κ2) is 4.85. The quantitative estimate of drug-likeness (QED) is 0.603. The lowest BCUT2D eigenvalue weighted by atomic mass is 9.67. The highest BCUT2D eigenvalue weighted by molar-refractivity contribution is 5.70. The SMILES string of the molecule is C=C1CCC(C2CCc3ccccc3C2=C)C(=C)C1. The molecule has 0 radical (unpaired) electrons.